The topological polar surface area (TPSA) is 101 Å². The number of H-pyrrole nitrogens is 1. The molecule has 2 rings (SSSR count). The molecule has 1 aromatic carbocycles. The number of aromatic nitrogens is 2. The molecule has 7 nitrogen and oxygen atoms in total. The van der Waals surface area contributed by atoms with E-state index in [1.54, 1.807) is 31.2 Å². The van der Waals surface area contributed by atoms with Crippen molar-refractivity contribution in [1.29, 1.82) is 0 Å². The number of halogens is 1. The Hall–Kier alpha value is -1.87. The number of carbonyl (C=O) groups is 1. The summed E-state index contributed by atoms with van der Waals surface area (Å²) >= 11 is 3.24. The Balaban J connectivity index is 2.35. The van der Waals surface area contributed by atoms with Gasteiger partial charge in [0.2, 0.25) is 0 Å². The van der Waals surface area contributed by atoms with Gasteiger partial charge in [0.1, 0.15) is 5.56 Å². The zero-order valence-electron chi connectivity index (χ0n) is 11.0. The van der Waals surface area contributed by atoms with E-state index in [1.165, 1.54) is 0 Å². The van der Waals surface area contributed by atoms with Crippen LogP contribution in [0.2, 0.25) is 0 Å². The largest absolute Gasteiger partial charge is 0.462 e. The Labute approximate surface area is 129 Å². The maximum Gasteiger partial charge on any atom is 0.342 e. The van der Waals surface area contributed by atoms with Crippen molar-refractivity contribution in [3.05, 3.63) is 40.5 Å². The van der Waals surface area contributed by atoms with E-state index in [9.17, 15) is 13.2 Å². The molecule has 0 fully saturated rings. The third kappa shape index (κ3) is 3.42. The van der Waals surface area contributed by atoms with E-state index >= 15 is 0 Å². The van der Waals surface area contributed by atoms with Gasteiger partial charge in [0.25, 0.3) is 10.0 Å². The molecule has 0 amide bonds. The van der Waals surface area contributed by atoms with Crippen LogP contribution in [0, 0.1) is 0 Å². The van der Waals surface area contributed by atoms with Crippen LogP contribution in [0.1, 0.15) is 17.3 Å². The summed E-state index contributed by atoms with van der Waals surface area (Å²) in [5.41, 5.74) is 0.207. The van der Waals surface area contributed by atoms with E-state index in [0.29, 0.717) is 10.2 Å². The second-order valence-electron chi connectivity index (χ2n) is 3.92. The first-order chi connectivity index (χ1) is 9.95. The smallest absolute Gasteiger partial charge is 0.342 e. The van der Waals surface area contributed by atoms with Crippen LogP contribution in [0.5, 0.6) is 0 Å². The van der Waals surface area contributed by atoms with Gasteiger partial charge < -0.3 is 4.74 Å². The van der Waals surface area contributed by atoms with Crippen molar-refractivity contribution in [2.75, 3.05) is 11.3 Å². The summed E-state index contributed by atoms with van der Waals surface area (Å²) in [7, 11) is -3.99. The number of nitrogens with zero attached hydrogens (tertiary/aromatic N) is 1. The number of para-hydroxylation sites is 1. The van der Waals surface area contributed by atoms with Gasteiger partial charge >= 0.3 is 5.97 Å². The fourth-order valence-electron chi connectivity index (χ4n) is 1.57. The highest BCUT2D eigenvalue weighted by Gasteiger charge is 2.26. The van der Waals surface area contributed by atoms with Gasteiger partial charge in [-0.2, -0.15) is 13.5 Å². The number of rotatable bonds is 5. The minimum atomic E-state index is -3.99. The van der Waals surface area contributed by atoms with Crippen molar-refractivity contribution >= 4 is 37.6 Å². The van der Waals surface area contributed by atoms with Crippen molar-refractivity contribution < 1.29 is 17.9 Å². The normalized spacial score (nSPS) is 11.1. The van der Waals surface area contributed by atoms with Crippen LogP contribution >= 0.6 is 15.9 Å². The fourth-order valence-corrected chi connectivity index (χ4v) is 3.26. The van der Waals surface area contributed by atoms with Crippen molar-refractivity contribution in [1.82, 2.24) is 10.2 Å². The number of hydrogen-bond acceptors (Lipinski definition) is 5. The van der Waals surface area contributed by atoms with E-state index < -0.39 is 16.0 Å². The second kappa shape index (κ2) is 6.27. The molecule has 2 aromatic rings. The van der Waals surface area contributed by atoms with E-state index in [1.807, 2.05) is 0 Å². The van der Waals surface area contributed by atoms with Gasteiger partial charge in [-0.1, -0.05) is 12.1 Å². The molecule has 21 heavy (non-hydrogen) atoms. The monoisotopic (exact) mass is 373 g/mol. The van der Waals surface area contributed by atoms with Crippen LogP contribution in [0.25, 0.3) is 0 Å². The summed E-state index contributed by atoms with van der Waals surface area (Å²) in [6, 6.07) is 6.71. The molecule has 0 saturated carbocycles. The Morgan fingerprint density at radius 1 is 1.43 bits per heavy atom. The van der Waals surface area contributed by atoms with Gasteiger partial charge in [-0.15, -0.1) is 0 Å². The molecule has 0 atom stereocenters. The maximum atomic E-state index is 12.3. The van der Waals surface area contributed by atoms with Gasteiger partial charge in [-0.3, -0.25) is 9.82 Å². The average molecular weight is 374 g/mol. The number of hydrogen-bond donors (Lipinski definition) is 2. The van der Waals surface area contributed by atoms with Crippen molar-refractivity contribution in [2.45, 2.75) is 11.9 Å². The first kappa shape index (κ1) is 15.5. The molecule has 0 spiro atoms. The van der Waals surface area contributed by atoms with Crippen molar-refractivity contribution in [3.8, 4) is 0 Å². The number of benzene rings is 1. The average Bonchev–Trinajstić information content (AvgIpc) is 2.92. The summed E-state index contributed by atoms with van der Waals surface area (Å²) < 4.78 is 32.4. The Bertz CT molecular complexity index is 757. The van der Waals surface area contributed by atoms with Gasteiger partial charge in [-0.25, -0.2) is 4.79 Å². The molecule has 1 heterocycles. The lowest BCUT2D eigenvalue weighted by atomic mass is 10.3. The predicted molar refractivity (Wildman–Crippen MR) is 79.5 cm³/mol. The Kier molecular flexibility index (Phi) is 4.63. The molecular formula is C12H12BrN3O4S. The quantitative estimate of drug-likeness (QED) is 0.781. The third-order valence-electron chi connectivity index (χ3n) is 2.49. The van der Waals surface area contributed by atoms with Gasteiger partial charge in [-0.05, 0) is 35.0 Å². The molecule has 2 N–H and O–H groups in total. The molecule has 0 aliphatic rings. The molecule has 0 aliphatic heterocycles. The minimum Gasteiger partial charge on any atom is -0.462 e. The van der Waals surface area contributed by atoms with Crippen LogP contribution in [0.4, 0.5) is 5.69 Å². The summed E-state index contributed by atoms with van der Waals surface area (Å²) in [6.07, 6.45) is 1.12. The Morgan fingerprint density at radius 2 is 2.14 bits per heavy atom. The van der Waals surface area contributed by atoms with Gasteiger partial charge in [0, 0.05) is 4.47 Å². The van der Waals surface area contributed by atoms with E-state index in [4.69, 9.17) is 4.74 Å². The summed E-state index contributed by atoms with van der Waals surface area (Å²) in [5.74, 6) is -0.751. The van der Waals surface area contributed by atoms with E-state index in [0.717, 1.165) is 6.20 Å². The Morgan fingerprint density at radius 3 is 2.81 bits per heavy atom. The minimum absolute atomic E-state index is 0.140. The van der Waals surface area contributed by atoms with Crippen LogP contribution in [0.15, 0.2) is 40.0 Å². The molecule has 0 radical (unpaired) electrons. The van der Waals surface area contributed by atoms with Crippen molar-refractivity contribution in [3.63, 3.8) is 0 Å². The fraction of sp³-hybridized carbons (Fsp3) is 0.167. The maximum absolute atomic E-state index is 12.3. The molecule has 1 aromatic heterocycles. The third-order valence-corrected chi connectivity index (χ3v) is 4.52. The first-order valence-corrected chi connectivity index (χ1v) is 8.21. The number of carbonyl (C=O) groups excluding carboxylic acids is 1. The van der Waals surface area contributed by atoms with Crippen LogP contribution < -0.4 is 4.72 Å². The highest BCUT2D eigenvalue weighted by Crippen LogP contribution is 2.25. The second-order valence-corrected chi connectivity index (χ2v) is 6.39. The number of sulfonamides is 1. The number of anilines is 1. The lowest BCUT2D eigenvalue weighted by molar-refractivity contribution is 0.0522. The molecule has 112 valence electrons. The highest BCUT2D eigenvalue weighted by atomic mass is 79.9. The molecular weight excluding hydrogens is 362 g/mol. The SMILES string of the molecule is CCOC(=O)c1cn[nH]c1S(=O)(=O)Nc1ccccc1Br. The number of nitrogens with one attached hydrogen (secondary N) is 2. The zero-order valence-corrected chi connectivity index (χ0v) is 13.4. The number of ether oxygens (including phenoxy) is 1. The molecule has 0 aliphatic carbocycles. The molecule has 9 heteroatoms. The lowest BCUT2D eigenvalue weighted by Gasteiger charge is -2.09. The first-order valence-electron chi connectivity index (χ1n) is 5.93. The van der Waals surface area contributed by atoms with Gasteiger partial charge in [0.15, 0.2) is 5.03 Å². The molecule has 0 bridgehead atoms. The number of esters is 1. The lowest BCUT2D eigenvalue weighted by Crippen LogP contribution is -2.18. The molecule has 0 unspecified atom stereocenters. The van der Waals surface area contributed by atoms with Crippen LogP contribution in [0.3, 0.4) is 0 Å². The van der Waals surface area contributed by atoms with Crippen LogP contribution in [-0.4, -0.2) is 31.2 Å². The van der Waals surface area contributed by atoms with Crippen LogP contribution in [-0.2, 0) is 14.8 Å². The zero-order chi connectivity index (χ0) is 15.5. The predicted octanol–water partition coefficient (Wildman–Crippen LogP) is 2.15. The number of aromatic amines is 1. The standard InChI is InChI=1S/C12H12BrN3O4S/c1-2-20-12(17)8-7-14-15-11(8)21(18,19)16-10-6-4-3-5-9(10)13/h3-7,16H,2H2,1H3,(H,14,15). The summed E-state index contributed by atoms with van der Waals surface area (Å²) in [6.45, 7) is 1.77. The highest BCUT2D eigenvalue weighted by molar-refractivity contribution is 9.10. The summed E-state index contributed by atoms with van der Waals surface area (Å²) in [5, 5.41) is 5.57. The van der Waals surface area contributed by atoms with E-state index in [-0.39, 0.29) is 17.2 Å². The van der Waals surface area contributed by atoms with Gasteiger partial charge in [0.05, 0.1) is 18.5 Å². The molecule has 0 saturated heterocycles. The van der Waals surface area contributed by atoms with E-state index in [2.05, 4.69) is 30.8 Å². The summed E-state index contributed by atoms with van der Waals surface area (Å²) in [4.78, 5) is 11.7. The van der Waals surface area contributed by atoms with Crippen molar-refractivity contribution in [2.24, 2.45) is 0 Å².